The largest absolute Gasteiger partial charge is 0.316 e. The molecule has 1 saturated carbocycles. The molecule has 1 N–H and O–H groups in total. The first kappa shape index (κ1) is 12.4. The van der Waals surface area contributed by atoms with E-state index in [1.807, 2.05) is 0 Å². The fourth-order valence-corrected chi connectivity index (χ4v) is 3.29. The summed E-state index contributed by atoms with van der Waals surface area (Å²) in [6.45, 7) is 8.79. The topological polar surface area (TPSA) is 15.3 Å². The standard InChI is InChI=1S/C14H28N2/c1-2-8-15-10-14-7-9-16(12-14)11-13-5-3-4-6-13/h13-15H,2-12H2,1H3. The Kier molecular flexibility index (Phi) is 5.11. The Bertz CT molecular complexity index is 187. The van der Waals surface area contributed by atoms with Crippen LogP contribution in [0.15, 0.2) is 0 Å². The second-order valence-electron chi connectivity index (χ2n) is 5.77. The Labute approximate surface area is 101 Å². The van der Waals surface area contributed by atoms with Crippen molar-refractivity contribution in [2.24, 2.45) is 11.8 Å². The molecule has 0 amide bonds. The average molecular weight is 224 g/mol. The van der Waals surface area contributed by atoms with Crippen LogP contribution in [-0.2, 0) is 0 Å². The van der Waals surface area contributed by atoms with Gasteiger partial charge in [0, 0.05) is 13.1 Å². The van der Waals surface area contributed by atoms with E-state index in [2.05, 4.69) is 17.1 Å². The zero-order valence-electron chi connectivity index (χ0n) is 10.9. The molecule has 1 saturated heterocycles. The monoisotopic (exact) mass is 224 g/mol. The number of hydrogen-bond donors (Lipinski definition) is 1. The number of nitrogens with one attached hydrogen (secondary N) is 1. The van der Waals surface area contributed by atoms with Crippen molar-refractivity contribution >= 4 is 0 Å². The van der Waals surface area contributed by atoms with E-state index in [9.17, 15) is 0 Å². The molecule has 0 aromatic heterocycles. The smallest absolute Gasteiger partial charge is 0.00224 e. The van der Waals surface area contributed by atoms with Crippen molar-refractivity contribution in [3.05, 3.63) is 0 Å². The summed E-state index contributed by atoms with van der Waals surface area (Å²) in [5, 5.41) is 3.56. The highest BCUT2D eigenvalue weighted by molar-refractivity contribution is 4.80. The molecule has 1 aliphatic carbocycles. The molecular formula is C14H28N2. The van der Waals surface area contributed by atoms with Gasteiger partial charge < -0.3 is 10.2 Å². The molecule has 0 radical (unpaired) electrons. The van der Waals surface area contributed by atoms with E-state index in [1.165, 1.54) is 71.2 Å². The molecule has 0 bridgehead atoms. The molecule has 2 rings (SSSR count). The molecule has 94 valence electrons. The highest BCUT2D eigenvalue weighted by Gasteiger charge is 2.25. The van der Waals surface area contributed by atoms with Gasteiger partial charge in [0.1, 0.15) is 0 Å². The van der Waals surface area contributed by atoms with E-state index in [4.69, 9.17) is 0 Å². The Balaban J connectivity index is 1.59. The Morgan fingerprint density at radius 2 is 1.94 bits per heavy atom. The first-order chi connectivity index (χ1) is 7.88. The highest BCUT2D eigenvalue weighted by Crippen LogP contribution is 2.27. The Morgan fingerprint density at radius 1 is 1.12 bits per heavy atom. The Hall–Kier alpha value is -0.0800. The van der Waals surface area contributed by atoms with Crippen LogP contribution in [0.4, 0.5) is 0 Å². The maximum absolute atomic E-state index is 3.56. The minimum Gasteiger partial charge on any atom is -0.316 e. The van der Waals surface area contributed by atoms with E-state index in [0.29, 0.717) is 0 Å². The van der Waals surface area contributed by atoms with Gasteiger partial charge >= 0.3 is 0 Å². The van der Waals surface area contributed by atoms with Gasteiger partial charge in [-0.3, -0.25) is 0 Å². The third-order valence-corrected chi connectivity index (χ3v) is 4.22. The fraction of sp³-hybridized carbons (Fsp3) is 1.00. The molecule has 0 spiro atoms. The first-order valence-electron chi connectivity index (χ1n) is 7.31. The van der Waals surface area contributed by atoms with Crippen molar-refractivity contribution in [1.82, 2.24) is 10.2 Å². The summed E-state index contributed by atoms with van der Waals surface area (Å²) in [6, 6.07) is 0. The molecule has 1 atom stereocenters. The quantitative estimate of drug-likeness (QED) is 0.697. The lowest BCUT2D eigenvalue weighted by Gasteiger charge is -2.20. The number of hydrogen-bond acceptors (Lipinski definition) is 2. The van der Waals surface area contributed by atoms with Gasteiger partial charge in [-0.05, 0) is 57.2 Å². The van der Waals surface area contributed by atoms with Gasteiger partial charge in [0.25, 0.3) is 0 Å². The van der Waals surface area contributed by atoms with Crippen LogP contribution in [0.5, 0.6) is 0 Å². The summed E-state index contributed by atoms with van der Waals surface area (Å²) in [5.74, 6) is 1.95. The molecule has 2 heteroatoms. The van der Waals surface area contributed by atoms with Crippen LogP contribution in [0.3, 0.4) is 0 Å². The van der Waals surface area contributed by atoms with Crippen molar-refractivity contribution in [2.75, 3.05) is 32.7 Å². The number of likely N-dealkylation sites (tertiary alicyclic amines) is 1. The van der Waals surface area contributed by atoms with Crippen LogP contribution in [-0.4, -0.2) is 37.6 Å². The van der Waals surface area contributed by atoms with Gasteiger partial charge in [0.15, 0.2) is 0 Å². The summed E-state index contributed by atoms with van der Waals surface area (Å²) >= 11 is 0. The van der Waals surface area contributed by atoms with Crippen LogP contribution < -0.4 is 5.32 Å². The van der Waals surface area contributed by atoms with Crippen LogP contribution >= 0.6 is 0 Å². The predicted octanol–water partition coefficient (Wildman–Crippen LogP) is 2.50. The van der Waals surface area contributed by atoms with Crippen molar-refractivity contribution in [3.8, 4) is 0 Å². The second-order valence-corrected chi connectivity index (χ2v) is 5.77. The maximum Gasteiger partial charge on any atom is 0.00224 e. The molecule has 2 nitrogen and oxygen atoms in total. The highest BCUT2D eigenvalue weighted by atomic mass is 15.2. The zero-order chi connectivity index (χ0) is 11.2. The maximum atomic E-state index is 3.56. The van der Waals surface area contributed by atoms with E-state index < -0.39 is 0 Å². The summed E-state index contributed by atoms with van der Waals surface area (Å²) in [4.78, 5) is 2.72. The SMILES string of the molecule is CCCNCC1CCN(CC2CCCC2)C1. The van der Waals surface area contributed by atoms with Gasteiger partial charge in [0.2, 0.25) is 0 Å². The van der Waals surface area contributed by atoms with Gasteiger partial charge in [-0.25, -0.2) is 0 Å². The molecule has 1 heterocycles. The molecule has 0 aromatic carbocycles. The first-order valence-corrected chi connectivity index (χ1v) is 7.31. The lowest BCUT2D eigenvalue weighted by atomic mass is 10.1. The minimum atomic E-state index is 0.924. The third-order valence-electron chi connectivity index (χ3n) is 4.22. The normalized spacial score (nSPS) is 27.9. The van der Waals surface area contributed by atoms with Crippen molar-refractivity contribution in [3.63, 3.8) is 0 Å². The van der Waals surface area contributed by atoms with Crippen molar-refractivity contribution in [2.45, 2.75) is 45.4 Å². The lowest BCUT2D eigenvalue weighted by Crippen LogP contribution is -2.29. The summed E-state index contributed by atoms with van der Waals surface area (Å²) in [6.07, 6.45) is 8.65. The second kappa shape index (κ2) is 6.61. The molecule has 2 fully saturated rings. The molecule has 16 heavy (non-hydrogen) atoms. The van der Waals surface area contributed by atoms with E-state index >= 15 is 0 Å². The van der Waals surface area contributed by atoms with Gasteiger partial charge in [-0.2, -0.15) is 0 Å². The summed E-state index contributed by atoms with van der Waals surface area (Å²) in [5.41, 5.74) is 0. The van der Waals surface area contributed by atoms with Crippen molar-refractivity contribution in [1.29, 1.82) is 0 Å². The Morgan fingerprint density at radius 3 is 2.69 bits per heavy atom. The van der Waals surface area contributed by atoms with E-state index in [-0.39, 0.29) is 0 Å². The fourth-order valence-electron chi connectivity index (χ4n) is 3.29. The molecule has 1 unspecified atom stereocenters. The minimum absolute atomic E-state index is 0.924. The molecule has 2 aliphatic rings. The van der Waals surface area contributed by atoms with E-state index in [0.717, 1.165) is 11.8 Å². The van der Waals surface area contributed by atoms with Crippen LogP contribution in [0.1, 0.15) is 45.4 Å². The van der Waals surface area contributed by atoms with Crippen molar-refractivity contribution < 1.29 is 0 Å². The lowest BCUT2D eigenvalue weighted by molar-refractivity contribution is 0.269. The molecule has 0 aromatic rings. The number of rotatable bonds is 6. The third kappa shape index (κ3) is 3.74. The summed E-state index contributed by atoms with van der Waals surface area (Å²) in [7, 11) is 0. The van der Waals surface area contributed by atoms with Crippen LogP contribution in [0.25, 0.3) is 0 Å². The van der Waals surface area contributed by atoms with E-state index in [1.54, 1.807) is 0 Å². The number of nitrogens with zero attached hydrogens (tertiary/aromatic N) is 1. The molecule has 1 aliphatic heterocycles. The average Bonchev–Trinajstić information content (AvgIpc) is 2.91. The molecular weight excluding hydrogens is 196 g/mol. The van der Waals surface area contributed by atoms with Crippen LogP contribution in [0, 0.1) is 11.8 Å². The van der Waals surface area contributed by atoms with Gasteiger partial charge in [-0.1, -0.05) is 19.8 Å². The van der Waals surface area contributed by atoms with Gasteiger partial charge in [0.05, 0.1) is 0 Å². The summed E-state index contributed by atoms with van der Waals surface area (Å²) < 4.78 is 0. The predicted molar refractivity (Wildman–Crippen MR) is 69.7 cm³/mol. The zero-order valence-corrected chi connectivity index (χ0v) is 10.9. The van der Waals surface area contributed by atoms with Crippen LogP contribution in [0.2, 0.25) is 0 Å². The van der Waals surface area contributed by atoms with Gasteiger partial charge in [-0.15, -0.1) is 0 Å².